The number of halogens is 2. The molecular formula is C8H10Br2N2O. The van der Waals surface area contributed by atoms with Gasteiger partial charge in [0.25, 0.3) is 5.56 Å². The molecule has 0 amide bonds. The van der Waals surface area contributed by atoms with Crippen molar-refractivity contribution in [2.24, 2.45) is 0 Å². The van der Waals surface area contributed by atoms with Crippen LogP contribution in [0.1, 0.15) is 12.2 Å². The molecule has 72 valence electrons. The average Bonchev–Trinajstić information content (AvgIpc) is 2.12. The van der Waals surface area contributed by atoms with E-state index < -0.39 is 0 Å². The predicted molar refractivity (Wildman–Crippen MR) is 59.3 cm³/mol. The fraction of sp³-hybridized carbons (Fsp3) is 0.500. The van der Waals surface area contributed by atoms with Gasteiger partial charge in [-0.3, -0.25) is 9.36 Å². The summed E-state index contributed by atoms with van der Waals surface area (Å²) in [5.41, 5.74) is -0.00606. The van der Waals surface area contributed by atoms with E-state index in [0.29, 0.717) is 11.0 Å². The van der Waals surface area contributed by atoms with Crippen LogP contribution in [0.3, 0.4) is 0 Å². The second-order valence-corrected chi connectivity index (χ2v) is 4.30. The van der Waals surface area contributed by atoms with E-state index in [1.807, 2.05) is 6.92 Å². The lowest BCUT2D eigenvalue weighted by Gasteiger charge is -2.07. The second-order valence-electron chi connectivity index (χ2n) is 2.65. The third-order valence-electron chi connectivity index (χ3n) is 1.72. The molecule has 0 unspecified atom stereocenters. The van der Waals surface area contributed by atoms with Gasteiger partial charge in [-0.1, -0.05) is 15.9 Å². The molecule has 0 aromatic carbocycles. The summed E-state index contributed by atoms with van der Waals surface area (Å²) in [6, 6.07) is 0. The molecule has 0 bridgehead atoms. The summed E-state index contributed by atoms with van der Waals surface area (Å²) in [5.74, 6) is 0.758. The van der Waals surface area contributed by atoms with Crippen LogP contribution >= 0.6 is 31.9 Å². The van der Waals surface area contributed by atoms with E-state index in [0.717, 1.165) is 17.6 Å². The van der Waals surface area contributed by atoms with Crippen molar-refractivity contribution in [1.29, 1.82) is 0 Å². The molecule has 1 heterocycles. The van der Waals surface area contributed by atoms with E-state index in [9.17, 15) is 4.79 Å². The number of aromatic nitrogens is 2. The largest absolute Gasteiger partial charge is 0.296 e. The lowest BCUT2D eigenvalue weighted by Crippen LogP contribution is -2.24. The van der Waals surface area contributed by atoms with E-state index in [1.165, 1.54) is 0 Å². The molecule has 0 N–H and O–H groups in total. The topological polar surface area (TPSA) is 34.9 Å². The highest BCUT2D eigenvalue weighted by molar-refractivity contribution is 9.10. The van der Waals surface area contributed by atoms with Crippen LogP contribution < -0.4 is 5.56 Å². The summed E-state index contributed by atoms with van der Waals surface area (Å²) in [5, 5.41) is 0.894. The van der Waals surface area contributed by atoms with Gasteiger partial charge in [0, 0.05) is 18.1 Å². The Hall–Kier alpha value is -0.160. The van der Waals surface area contributed by atoms with Crippen molar-refractivity contribution in [2.75, 3.05) is 5.33 Å². The zero-order valence-corrected chi connectivity index (χ0v) is 10.4. The van der Waals surface area contributed by atoms with Crippen molar-refractivity contribution in [1.82, 2.24) is 9.55 Å². The Balaban J connectivity index is 3.03. The highest BCUT2D eigenvalue weighted by Gasteiger charge is 2.03. The first-order chi connectivity index (χ1) is 6.16. The molecule has 3 nitrogen and oxygen atoms in total. The van der Waals surface area contributed by atoms with Gasteiger partial charge in [-0.15, -0.1) is 0 Å². The van der Waals surface area contributed by atoms with Gasteiger partial charge < -0.3 is 0 Å². The van der Waals surface area contributed by atoms with Crippen molar-refractivity contribution in [2.45, 2.75) is 19.9 Å². The van der Waals surface area contributed by atoms with Crippen molar-refractivity contribution >= 4 is 31.9 Å². The van der Waals surface area contributed by atoms with Gasteiger partial charge in [0.15, 0.2) is 0 Å². The van der Waals surface area contributed by atoms with E-state index in [-0.39, 0.29) is 5.56 Å². The normalized spacial score (nSPS) is 10.4. The average molecular weight is 310 g/mol. The Kier molecular flexibility index (Phi) is 4.12. The number of rotatable bonds is 3. The van der Waals surface area contributed by atoms with Gasteiger partial charge in [-0.25, -0.2) is 4.98 Å². The SMILES string of the molecule is Cc1ncc(Br)c(=O)n1CCCBr. The fourth-order valence-electron chi connectivity index (χ4n) is 1.03. The van der Waals surface area contributed by atoms with Crippen LogP contribution in [-0.4, -0.2) is 14.9 Å². The van der Waals surface area contributed by atoms with Crippen LogP contribution in [0.4, 0.5) is 0 Å². The lowest BCUT2D eigenvalue weighted by molar-refractivity contribution is 0.619. The molecule has 1 aromatic rings. The van der Waals surface area contributed by atoms with E-state index >= 15 is 0 Å². The Morgan fingerprint density at radius 2 is 2.31 bits per heavy atom. The molecule has 1 aromatic heterocycles. The predicted octanol–water partition coefficient (Wildman–Crippen LogP) is 2.10. The van der Waals surface area contributed by atoms with Crippen molar-refractivity contribution < 1.29 is 0 Å². The van der Waals surface area contributed by atoms with E-state index in [4.69, 9.17) is 0 Å². The monoisotopic (exact) mass is 308 g/mol. The molecule has 0 spiro atoms. The molecule has 0 aliphatic rings. The zero-order chi connectivity index (χ0) is 9.84. The Bertz CT molecular complexity index is 348. The summed E-state index contributed by atoms with van der Waals surface area (Å²) >= 11 is 6.49. The molecular weight excluding hydrogens is 300 g/mol. The minimum absolute atomic E-state index is 0.00606. The second kappa shape index (κ2) is 4.91. The number of hydrogen-bond donors (Lipinski definition) is 0. The third kappa shape index (κ3) is 2.64. The van der Waals surface area contributed by atoms with Gasteiger partial charge >= 0.3 is 0 Å². The standard InChI is InChI=1S/C8H10Br2N2O/c1-6-11-5-7(10)8(13)12(6)4-2-3-9/h5H,2-4H2,1H3. The van der Waals surface area contributed by atoms with E-state index in [2.05, 4.69) is 36.8 Å². The van der Waals surface area contributed by atoms with Crippen LogP contribution in [0, 0.1) is 6.92 Å². The van der Waals surface area contributed by atoms with Crippen LogP contribution in [0.5, 0.6) is 0 Å². The molecule has 13 heavy (non-hydrogen) atoms. The Morgan fingerprint density at radius 1 is 1.62 bits per heavy atom. The maximum absolute atomic E-state index is 11.6. The van der Waals surface area contributed by atoms with Crippen LogP contribution in [0.2, 0.25) is 0 Å². The van der Waals surface area contributed by atoms with Crippen molar-refractivity contribution in [3.05, 3.63) is 26.8 Å². The minimum atomic E-state index is -0.00606. The Labute approximate surface area is 93.4 Å². The molecule has 0 saturated carbocycles. The summed E-state index contributed by atoms with van der Waals surface area (Å²) in [6.45, 7) is 2.55. The van der Waals surface area contributed by atoms with Crippen LogP contribution in [-0.2, 0) is 6.54 Å². The zero-order valence-electron chi connectivity index (χ0n) is 7.26. The van der Waals surface area contributed by atoms with Gasteiger partial charge in [-0.2, -0.15) is 0 Å². The fourth-order valence-corrected chi connectivity index (χ4v) is 1.60. The number of nitrogens with zero attached hydrogens (tertiary/aromatic N) is 2. The number of hydrogen-bond acceptors (Lipinski definition) is 2. The highest BCUT2D eigenvalue weighted by atomic mass is 79.9. The highest BCUT2D eigenvalue weighted by Crippen LogP contribution is 2.02. The molecule has 5 heteroatoms. The van der Waals surface area contributed by atoms with Crippen molar-refractivity contribution in [3.63, 3.8) is 0 Å². The molecule has 0 atom stereocenters. The summed E-state index contributed by atoms with van der Waals surface area (Å²) in [7, 11) is 0. The maximum Gasteiger partial charge on any atom is 0.267 e. The first-order valence-electron chi connectivity index (χ1n) is 3.94. The van der Waals surface area contributed by atoms with Gasteiger partial charge in [0.2, 0.25) is 0 Å². The summed E-state index contributed by atoms with van der Waals surface area (Å²) in [4.78, 5) is 15.6. The van der Waals surface area contributed by atoms with Gasteiger partial charge in [0.1, 0.15) is 10.3 Å². The smallest absolute Gasteiger partial charge is 0.267 e. The molecule has 0 fully saturated rings. The molecule has 1 rings (SSSR count). The quantitative estimate of drug-likeness (QED) is 0.802. The van der Waals surface area contributed by atoms with Crippen LogP contribution in [0.15, 0.2) is 15.5 Å². The first-order valence-corrected chi connectivity index (χ1v) is 5.86. The molecule has 0 aliphatic carbocycles. The number of aryl methyl sites for hydroxylation is 1. The van der Waals surface area contributed by atoms with Gasteiger partial charge in [-0.05, 0) is 29.3 Å². The van der Waals surface area contributed by atoms with Crippen LogP contribution in [0.25, 0.3) is 0 Å². The van der Waals surface area contributed by atoms with Crippen molar-refractivity contribution in [3.8, 4) is 0 Å². The lowest BCUT2D eigenvalue weighted by atomic mass is 10.4. The minimum Gasteiger partial charge on any atom is -0.296 e. The van der Waals surface area contributed by atoms with E-state index in [1.54, 1.807) is 10.8 Å². The first kappa shape index (κ1) is 10.9. The Morgan fingerprint density at radius 3 is 2.92 bits per heavy atom. The maximum atomic E-state index is 11.6. The summed E-state index contributed by atoms with van der Waals surface area (Å²) < 4.78 is 2.19. The molecule has 0 radical (unpaired) electrons. The third-order valence-corrected chi connectivity index (χ3v) is 2.82. The van der Waals surface area contributed by atoms with Gasteiger partial charge in [0.05, 0.1) is 0 Å². The summed E-state index contributed by atoms with van der Waals surface area (Å²) in [6.07, 6.45) is 2.47. The number of alkyl halides is 1. The molecule has 0 saturated heterocycles. The molecule has 0 aliphatic heterocycles.